The van der Waals surface area contributed by atoms with E-state index in [0.29, 0.717) is 11.8 Å². The zero-order valence-electron chi connectivity index (χ0n) is 15.0. The van der Waals surface area contributed by atoms with Crippen molar-refractivity contribution >= 4 is 28.7 Å². The molecule has 5 rings (SSSR count). The van der Waals surface area contributed by atoms with Crippen LogP contribution in [0.5, 0.6) is 5.95 Å². The maximum absolute atomic E-state index is 13.3. The van der Waals surface area contributed by atoms with Gasteiger partial charge in [0.25, 0.3) is 5.91 Å². The van der Waals surface area contributed by atoms with Crippen molar-refractivity contribution in [2.75, 3.05) is 18.0 Å². The number of benzene rings is 1. The average molecular weight is 397 g/mol. The van der Waals surface area contributed by atoms with Gasteiger partial charge in [0.2, 0.25) is 0 Å². The number of fused-ring (bicyclic) bond motifs is 2. The van der Waals surface area contributed by atoms with Crippen molar-refractivity contribution in [3.05, 3.63) is 47.9 Å². The highest BCUT2D eigenvalue weighted by Gasteiger charge is 2.57. The smallest absolute Gasteiger partial charge is 0.374 e. The molecule has 2 aliphatic rings. The summed E-state index contributed by atoms with van der Waals surface area (Å²) in [6.07, 6.45) is -0.672. The predicted molar refractivity (Wildman–Crippen MR) is 98.9 cm³/mol. The standard InChI is InChI=1S/C19H16FN5O4/c20-10-2-3-13-9(5-10)1-4-15(22-13)25-7-11-12(8-25)17(11)23-19(27)28-16-6-14(18(21)26)24-29-16/h1-6,11-12,17H,7-8H2,(H2,21,26)(H,23,27). The van der Waals surface area contributed by atoms with Crippen molar-refractivity contribution in [3.63, 3.8) is 0 Å². The molecule has 148 valence electrons. The van der Waals surface area contributed by atoms with Gasteiger partial charge < -0.3 is 25.2 Å². The minimum absolute atomic E-state index is 0.00633. The van der Waals surface area contributed by atoms with Gasteiger partial charge in [0.15, 0.2) is 5.69 Å². The van der Waals surface area contributed by atoms with E-state index >= 15 is 0 Å². The van der Waals surface area contributed by atoms with Gasteiger partial charge in [0.1, 0.15) is 11.6 Å². The van der Waals surface area contributed by atoms with Gasteiger partial charge in [-0.15, -0.1) is 0 Å². The monoisotopic (exact) mass is 397 g/mol. The van der Waals surface area contributed by atoms with Crippen molar-refractivity contribution in [1.82, 2.24) is 15.5 Å². The zero-order chi connectivity index (χ0) is 20.1. The minimum Gasteiger partial charge on any atom is -0.374 e. The number of primary amides is 1. The predicted octanol–water partition coefficient (Wildman–Crippen LogP) is 1.68. The Hall–Kier alpha value is -3.69. The molecule has 0 bridgehead atoms. The summed E-state index contributed by atoms with van der Waals surface area (Å²) < 4.78 is 23.0. The average Bonchev–Trinajstić information content (AvgIpc) is 3.08. The molecule has 1 aliphatic heterocycles. The molecule has 9 nitrogen and oxygen atoms in total. The number of nitrogens with zero attached hydrogens (tertiary/aromatic N) is 3. The first-order valence-electron chi connectivity index (χ1n) is 9.04. The van der Waals surface area contributed by atoms with Crippen LogP contribution < -0.4 is 20.7 Å². The second-order valence-corrected chi connectivity index (χ2v) is 7.19. The molecule has 2 aromatic heterocycles. The van der Waals surface area contributed by atoms with E-state index in [1.54, 1.807) is 6.07 Å². The highest BCUT2D eigenvalue weighted by molar-refractivity contribution is 5.91. The van der Waals surface area contributed by atoms with Gasteiger partial charge in [-0.1, -0.05) is 5.16 Å². The van der Waals surface area contributed by atoms with Gasteiger partial charge in [0, 0.05) is 36.4 Å². The molecule has 29 heavy (non-hydrogen) atoms. The Balaban J connectivity index is 1.17. The SMILES string of the molecule is NC(=O)c1cc(OC(=O)NC2C3CN(c4ccc5cc(F)ccc5n4)CC32)on1. The van der Waals surface area contributed by atoms with Crippen molar-refractivity contribution in [2.24, 2.45) is 17.6 Å². The Morgan fingerprint density at radius 1 is 1.21 bits per heavy atom. The van der Waals surface area contributed by atoms with Crippen LogP contribution in [0.3, 0.4) is 0 Å². The Morgan fingerprint density at radius 2 is 2.00 bits per heavy atom. The molecular weight excluding hydrogens is 381 g/mol. The molecule has 10 heteroatoms. The van der Waals surface area contributed by atoms with E-state index in [4.69, 9.17) is 15.0 Å². The topological polar surface area (TPSA) is 124 Å². The van der Waals surface area contributed by atoms with Crippen molar-refractivity contribution in [3.8, 4) is 5.95 Å². The second kappa shape index (κ2) is 6.43. The molecular formula is C19H16FN5O4. The van der Waals surface area contributed by atoms with E-state index in [0.717, 1.165) is 35.9 Å². The lowest BCUT2D eigenvalue weighted by atomic mass is 10.2. The van der Waals surface area contributed by atoms with E-state index in [9.17, 15) is 14.0 Å². The van der Waals surface area contributed by atoms with Crippen molar-refractivity contribution < 1.29 is 23.2 Å². The van der Waals surface area contributed by atoms with Gasteiger partial charge in [-0.3, -0.25) is 4.79 Å². The van der Waals surface area contributed by atoms with Crippen LogP contribution in [0, 0.1) is 17.7 Å². The fourth-order valence-electron chi connectivity index (χ4n) is 3.87. The van der Waals surface area contributed by atoms with E-state index in [1.165, 1.54) is 12.1 Å². The number of piperidine rings is 1. The quantitative estimate of drug-likeness (QED) is 0.686. The summed E-state index contributed by atoms with van der Waals surface area (Å²) in [4.78, 5) is 29.7. The molecule has 3 N–H and O–H groups in total. The van der Waals surface area contributed by atoms with Crippen LogP contribution in [0.15, 0.2) is 40.9 Å². The van der Waals surface area contributed by atoms with Crippen LogP contribution >= 0.6 is 0 Å². The van der Waals surface area contributed by atoms with Gasteiger partial charge in [-0.05, 0) is 30.3 Å². The summed E-state index contributed by atoms with van der Waals surface area (Å²) in [7, 11) is 0. The normalized spacial score (nSPS) is 22.4. The lowest BCUT2D eigenvalue weighted by Crippen LogP contribution is -2.36. The van der Waals surface area contributed by atoms with Crippen molar-refractivity contribution in [2.45, 2.75) is 6.04 Å². The molecule has 2 fully saturated rings. The Kier molecular flexibility index (Phi) is 3.86. The molecule has 3 aromatic rings. The third-order valence-electron chi connectivity index (χ3n) is 5.37. The number of pyridine rings is 1. The Morgan fingerprint density at radius 3 is 2.72 bits per heavy atom. The van der Waals surface area contributed by atoms with Crippen LogP contribution in [0.1, 0.15) is 10.5 Å². The molecule has 3 heterocycles. The number of hydrogen-bond acceptors (Lipinski definition) is 7. The fraction of sp³-hybridized carbons (Fsp3) is 0.263. The van der Waals surface area contributed by atoms with E-state index in [-0.39, 0.29) is 23.5 Å². The molecule has 2 unspecified atom stereocenters. The Labute approximate surface area is 163 Å². The fourth-order valence-corrected chi connectivity index (χ4v) is 3.87. The van der Waals surface area contributed by atoms with Crippen LogP contribution in [0.4, 0.5) is 15.0 Å². The maximum atomic E-state index is 13.3. The molecule has 1 aliphatic carbocycles. The number of nitrogens with one attached hydrogen (secondary N) is 1. The summed E-state index contributed by atoms with van der Waals surface area (Å²) in [6.45, 7) is 1.51. The van der Waals surface area contributed by atoms with Crippen LogP contribution in [0.25, 0.3) is 10.9 Å². The Bertz CT molecular complexity index is 1120. The number of ether oxygens (including phenoxy) is 1. The molecule has 2 atom stereocenters. The lowest BCUT2D eigenvalue weighted by Gasteiger charge is -2.21. The minimum atomic E-state index is -0.770. The van der Waals surface area contributed by atoms with Crippen LogP contribution in [0.2, 0.25) is 0 Å². The highest BCUT2D eigenvalue weighted by atomic mass is 19.1. The number of hydrogen-bond donors (Lipinski definition) is 2. The van der Waals surface area contributed by atoms with Gasteiger partial charge >= 0.3 is 12.0 Å². The lowest BCUT2D eigenvalue weighted by molar-refractivity contribution is 0.0991. The summed E-state index contributed by atoms with van der Waals surface area (Å²) in [5.74, 6) is 0.173. The van der Waals surface area contributed by atoms with E-state index in [1.807, 2.05) is 12.1 Å². The third-order valence-corrected chi connectivity index (χ3v) is 5.37. The first-order chi connectivity index (χ1) is 14.0. The van der Waals surface area contributed by atoms with Gasteiger partial charge in [0.05, 0.1) is 11.6 Å². The first kappa shape index (κ1) is 17.4. The van der Waals surface area contributed by atoms with Gasteiger partial charge in [-0.25, -0.2) is 14.2 Å². The summed E-state index contributed by atoms with van der Waals surface area (Å²) in [5.41, 5.74) is 5.69. The van der Waals surface area contributed by atoms with Gasteiger partial charge in [-0.2, -0.15) is 0 Å². The van der Waals surface area contributed by atoms with E-state index < -0.39 is 12.0 Å². The summed E-state index contributed by atoms with van der Waals surface area (Å²) in [5, 5.41) is 6.96. The van der Waals surface area contributed by atoms with E-state index in [2.05, 4.69) is 20.4 Å². The number of carbonyl (C=O) groups excluding carboxylic acids is 2. The first-order valence-corrected chi connectivity index (χ1v) is 9.04. The number of amides is 2. The molecule has 1 saturated heterocycles. The van der Waals surface area contributed by atoms with Crippen molar-refractivity contribution in [1.29, 1.82) is 0 Å². The summed E-state index contributed by atoms with van der Waals surface area (Å²) in [6, 6.07) is 9.42. The molecule has 0 spiro atoms. The molecule has 0 radical (unpaired) electrons. The number of aromatic nitrogens is 2. The maximum Gasteiger partial charge on any atom is 0.415 e. The number of carbonyl (C=O) groups is 2. The zero-order valence-corrected chi connectivity index (χ0v) is 15.0. The second-order valence-electron chi connectivity index (χ2n) is 7.19. The number of rotatable bonds is 4. The number of halogens is 1. The largest absolute Gasteiger partial charge is 0.415 e. The highest BCUT2D eigenvalue weighted by Crippen LogP contribution is 2.46. The molecule has 1 saturated carbocycles. The number of anilines is 1. The summed E-state index contributed by atoms with van der Waals surface area (Å²) >= 11 is 0. The molecule has 1 aromatic carbocycles. The van der Waals surface area contributed by atoms with Crippen LogP contribution in [-0.2, 0) is 0 Å². The van der Waals surface area contributed by atoms with Crippen LogP contribution in [-0.4, -0.2) is 41.3 Å². The number of nitrogens with two attached hydrogens (primary N) is 1. The third kappa shape index (κ3) is 3.22. The molecule has 2 amide bonds.